The van der Waals surface area contributed by atoms with Gasteiger partial charge in [0.1, 0.15) is 16.8 Å². The van der Waals surface area contributed by atoms with Crippen LogP contribution in [0.5, 0.6) is 5.75 Å². The van der Waals surface area contributed by atoms with Crippen LogP contribution in [0.3, 0.4) is 0 Å². The van der Waals surface area contributed by atoms with Crippen molar-refractivity contribution in [2.75, 3.05) is 7.11 Å². The number of hydrogen-bond donors (Lipinski definition) is 0. The lowest BCUT2D eigenvalue weighted by Crippen LogP contribution is -1.87. The summed E-state index contributed by atoms with van der Waals surface area (Å²) in [5.41, 5.74) is 5.94. The summed E-state index contributed by atoms with van der Waals surface area (Å²) in [4.78, 5) is 4.68. The molecule has 2 aromatic carbocycles. The molecule has 0 saturated carbocycles. The van der Waals surface area contributed by atoms with Crippen LogP contribution in [0.1, 0.15) is 21.7 Å². The number of nitriles is 1. The molecular weight excluding hydrogens is 328 g/mol. The zero-order valence-electron chi connectivity index (χ0n) is 14.4. The minimum absolute atomic E-state index is 0.561. The fourth-order valence-electron chi connectivity index (χ4n) is 2.63. The fourth-order valence-corrected chi connectivity index (χ4v) is 3.42. The second-order valence-corrected chi connectivity index (χ2v) is 6.66. The van der Waals surface area contributed by atoms with E-state index < -0.39 is 0 Å². The van der Waals surface area contributed by atoms with Gasteiger partial charge in [-0.25, -0.2) is 4.98 Å². The average Bonchev–Trinajstić information content (AvgIpc) is 3.09. The van der Waals surface area contributed by atoms with Crippen molar-refractivity contribution in [2.45, 2.75) is 13.8 Å². The fraction of sp³-hybridized carbons (Fsp3) is 0.143. The van der Waals surface area contributed by atoms with Gasteiger partial charge in [0.2, 0.25) is 0 Å². The van der Waals surface area contributed by atoms with Crippen molar-refractivity contribution in [3.8, 4) is 23.1 Å². The van der Waals surface area contributed by atoms with Crippen LogP contribution in [0, 0.1) is 25.2 Å². The summed E-state index contributed by atoms with van der Waals surface area (Å²) in [5, 5.41) is 12.3. The molecule has 0 unspecified atom stereocenters. The molecule has 0 spiro atoms. The lowest BCUT2D eigenvalue weighted by Gasteiger charge is -2.03. The van der Waals surface area contributed by atoms with Crippen LogP contribution in [0.2, 0.25) is 0 Å². The monoisotopic (exact) mass is 346 g/mol. The Hall–Kier alpha value is -2.90. The first kappa shape index (κ1) is 16.9. The van der Waals surface area contributed by atoms with Crippen LogP contribution in [0.15, 0.2) is 47.8 Å². The van der Waals surface area contributed by atoms with Crippen LogP contribution in [-0.4, -0.2) is 12.1 Å². The van der Waals surface area contributed by atoms with E-state index in [2.05, 4.69) is 43.1 Å². The van der Waals surface area contributed by atoms with Crippen LogP contribution in [0.4, 0.5) is 0 Å². The number of hydrogen-bond acceptors (Lipinski definition) is 4. The Labute approximate surface area is 151 Å². The number of aryl methyl sites for hydroxylation is 2. The SMILES string of the molecule is COc1ccc(C=C(C#N)c2nc(-c3ccc(C)cc3C)cs2)cc1. The number of aromatic nitrogens is 1. The largest absolute Gasteiger partial charge is 0.497 e. The third kappa shape index (κ3) is 3.78. The number of ether oxygens (including phenoxy) is 1. The predicted octanol–water partition coefficient (Wildman–Crippen LogP) is 5.50. The van der Waals surface area contributed by atoms with Gasteiger partial charge in [-0.15, -0.1) is 11.3 Å². The van der Waals surface area contributed by atoms with Gasteiger partial charge < -0.3 is 4.74 Å². The summed E-state index contributed by atoms with van der Waals surface area (Å²) >= 11 is 1.49. The highest BCUT2D eigenvalue weighted by Gasteiger charge is 2.11. The van der Waals surface area contributed by atoms with Crippen molar-refractivity contribution in [1.29, 1.82) is 5.26 Å². The first-order chi connectivity index (χ1) is 12.1. The Morgan fingerprint density at radius 2 is 1.92 bits per heavy atom. The second-order valence-electron chi connectivity index (χ2n) is 5.80. The maximum atomic E-state index is 9.54. The molecule has 3 rings (SSSR count). The molecule has 3 nitrogen and oxygen atoms in total. The highest BCUT2D eigenvalue weighted by Crippen LogP contribution is 2.29. The summed E-state index contributed by atoms with van der Waals surface area (Å²) in [6, 6.07) is 16.2. The van der Waals surface area contributed by atoms with Gasteiger partial charge in [-0.05, 0) is 43.2 Å². The Balaban J connectivity index is 1.93. The molecule has 0 fully saturated rings. The summed E-state index contributed by atoms with van der Waals surface area (Å²) in [6.45, 7) is 4.16. The number of methoxy groups -OCH3 is 1. The molecule has 1 aromatic heterocycles. The van der Waals surface area contributed by atoms with E-state index in [1.807, 2.05) is 35.7 Å². The minimum atomic E-state index is 0.561. The number of thiazole rings is 1. The molecule has 0 aliphatic rings. The maximum Gasteiger partial charge on any atom is 0.134 e. The van der Waals surface area contributed by atoms with Gasteiger partial charge in [0.25, 0.3) is 0 Å². The van der Waals surface area contributed by atoms with Gasteiger partial charge in [0.15, 0.2) is 0 Å². The van der Waals surface area contributed by atoms with E-state index in [0.29, 0.717) is 5.57 Å². The lowest BCUT2D eigenvalue weighted by molar-refractivity contribution is 0.415. The zero-order chi connectivity index (χ0) is 17.8. The second kappa shape index (κ2) is 7.33. The van der Waals surface area contributed by atoms with Crippen molar-refractivity contribution in [3.05, 3.63) is 69.5 Å². The molecule has 0 saturated heterocycles. The van der Waals surface area contributed by atoms with E-state index in [9.17, 15) is 5.26 Å². The quantitative estimate of drug-likeness (QED) is 0.586. The summed E-state index contributed by atoms with van der Waals surface area (Å²) in [6.07, 6.45) is 1.85. The lowest BCUT2D eigenvalue weighted by atomic mass is 10.0. The van der Waals surface area contributed by atoms with Crippen molar-refractivity contribution in [1.82, 2.24) is 4.98 Å². The zero-order valence-corrected chi connectivity index (χ0v) is 15.2. The Bertz CT molecular complexity index is 962. The molecule has 4 heteroatoms. The summed E-state index contributed by atoms with van der Waals surface area (Å²) < 4.78 is 5.16. The predicted molar refractivity (Wildman–Crippen MR) is 104 cm³/mol. The number of benzene rings is 2. The van der Waals surface area contributed by atoms with Gasteiger partial charge in [-0.3, -0.25) is 0 Å². The minimum Gasteiger partial charge on any atom is -0.497 e. The molecule has 124 valence electrons. The highest BCUT2D eigenvalue weighted by atomic mass is 32.1. The van der Waals surface area contributed by atoms with Crippen molar-refractivity contribution in [3.63, 3.8) is 0 Å². The van der Waals surface area contributed by atoms with Gasteiger partial charge in [0, 0.05) is 10.9 Å². The van der Waals surface area contributed by atoms with Crippen LogP contribution in [-0.2, 0) is 0 Å². The normalized spacial score (nSPS) is 11.2. The first-order valence-corrected chi connectivity index (χ1v) is 8.78. The molecule has 0 N–H and O–H groups in total. The molecule has 0 bridgehead atoms. The third-order valence-electron chi connectivity index (χ3n) is 3.94. The van der Waals surface area contributed by atoms with E-state index in [1.165, 1.54) is 22.5 Å². The molecule has 1 heterocycles. The molecule has 0 aliphatic heterocycles. The molecule has 0 aliphatic carbocycles. The smallest absolute Gasteiger partial charge is 0.134 e. The van der Waals surface area contributed by atoms with E-state index in [4.69, 9.17) is 4.74 Å². The van der Waals surface area contributed by atoms with Crippen LogP contribution >= 0.6 is 11.3 Å². The number of nitrogens with zero attached hydrogens (tertiary/aromatic N) is 2. The molecule has 0 amide bonds. The van der Waals surface area contributed by atoms with Gasteiger partial charge >= 0.3 is 0 Å². The Morgan fingerprint density at radius 3 is 2.56 bits per heavy atom. The number of allylic oxidation sites excluding steroid dienone is 1. The molecule has 0 atom stereocenters. The molecular formula is C21H18N2OS. The summed E-state index contributed by atoms with van der Waals surface area (Å²) in [7, 11) is 1.63. The Kier molecular flexibility index (Phi) is 4.97. The van der Waals surface area contributed by atoms with Crippen molar-refractivity contribution in [2.24, 2.45) is 0 Å². The summed E-state index contributed by atoms with van der Waals surface area (Å²) in [5.74, 6) is 0.794. The van der Waals surface area contributed by atoms with Gasteiger partial charge in [-0.1, -0.05) is 35.9 Å². The number of rotatable bonds is 4. The van der Waals surface area contributed by atoms with Crippen molar-refractivity contribution >= 4 is 23.0 Å². The standard InChI is InChI=1S/C21H18N2OS/c1-14-4-9-19(15(2)10-14)20-13-25-21(23-20)17(12-22)11-16-5-7-18(24-3)8-6-16/h4-11,13H,1-3H3. The van der Waals surface area contributed by atoms with Gasteiger partial charge in [-0.2, -0.15) is 5.26 Å². The van der Waals surface area contributed by atoms with Crippen LogP contribution < -0.4 is 4.74 Å². The molecule has 0 radical (unpaired) electrons. The maximum absolute atomic E-state index is 9.54. The first-order valence-electron chi connectivity index (χ1n) is 7.90. The molecule has 3 aromatic rings. The third-order valence-corrected chi connectivity index (χ3v) is 4.82. The van der Waals surface area contributed by atoms with E-state index >= 15 is 0 Å². The highest BCUT2D eigenvalue weighted by molar-refractivity contribution is 7.11. The Morgan fingerprint density at radius 1 is 1.16 bits per heavy atom. The van der Waals surface area contributed by atoms with Crippen molar-refractivity contribution < 1.29 is 4.74 Å². The average molecular weight is 346 g/mol. The van der Waals surface area contributed by atoms with E-state index in [0.717, 1.165) is 27.6 Å². The van der Waals surface area contributed by atoms with Gasteiger partial charge in [0.05, 0.1) is 18.4 Å². The topological polar surface area (TPSA) is 45.9 Å². The van der Waals surface area contributed by atoms with E-state index in [1.54, 1.807) is 7.11 Å². The molecule has 25 heavy (non-hydrogen) atoms. The van der Waals surface area contributed by atoms with E-state index in [-0.39, 0.29) is 0 Å². The van der Waals surface area contributed by atoms with Crippen LogP contribution in [0.25, 0.3) is 22.9 Å².